The molecule has 3 nitrogen and oxygen atoms in total. The lowest BCUT2D eigenvalue weighted by Crippen LogP contribution is -2.50. The van der Waals surface area contributed by atoms with E-state index in [1.54, 1.807) is 6.20 Å². The molecule has 1 aromatic rings. The summed E-state index contributed by atoms with van der Waals surface area (Å²) in [6.45, 7) is 0.806. The van der Waals surface area contributed by atoms with Gasteiger partial charge in [0, 0.05) is 30.8 Å². The lowest BCUT2D eigenvalue weighted by Gasteiger charge is -2.56. The van der Waals surface area contributed by atoms with E-state index < -0.39 is 0 Å². The second kappa shape index (κ2) is 5.18. The van der Waals surface area contributed by atoms with E-state index >= 15 is 0 Å². The predicted molar refractivity (Wildman–Crippen MR) is 79.7 cm³/mol. The van der Waals surface area contributed by atoms with Crippen LogP contribution in [0.1, 0.15) is 44.9 Å². The summed E-state index contributed by atoms with van der Waals surface area (Å²) in [5, 5.41) is 0. The maximum absolute atomic E-state index is 12.8. The Morgan fingerprint density at radius 1 is 1.15 bits per heavy atom. The molecule has 0 spiro atoms. The van der Waals surface area contributed by atoms with Crippen LogP contribution in [0.2, 0.25) is 0 Å². The Balaban J connectivity index is 0.00000121. The third-order valence-corrected chi connectivity index (χ3v) is 5.79. The van der Waals surface area contributed by atoms with E-state index in [0.29, 0.717) is 12.2 Å². The zero-order valence-electron chi connectivity index (χ0n) is 11.8. The van der Waals surface area contributed by atoms with Gasteiger partial charge < -0.3 is 4.57 Å². The number of carbonyl (C=O) groups is 1. The fourth-order valence-electron chi connectivity index (χ4n) is 5.37. The molecule has 4 fully saturated rings. The smallest absolute Gasteiger partial charge is 0.140 e. The molecule has 0 N–H and O–H groups in total. The minimum Gasteiger partial charge on any atom is -0.337 e. The van der Waals surface area contributed by atoms with Gasteiger partial charge in [0.05, 0.1) is 6.33 Å². The van der Waals surface area contributed by atoms with Crippen molar-refractivity contribution in [2.45, 2.75) is 51.5 Å². The Kier molecular flexibility index (Phi) is 3.65. The molecule has 1 aromatic heterocycles. The summed E-state index contributed by atoms with van der Waals surface area (Å²) in [4.78, 5) is 16.8. The van der Waals surface area contributed by atoms with Crippen molar-refractivity contribution in [1.29, 1.82) is 0 Å². The van der Waals surface area contributed by atoms with Gasteiger partial charge in [0.15, 0.2) is 0 Å². The summed E-state index contributed by atoms with van der Waals surface area (Å²) < 4.78 is 2.03. The first-order valence-electron chi connectivity index (χ1n) is 7.72. The molecule has 0 atom stereocenters. The van der Waals surface area contributed by atoms with Crippen LogP contribution < -0.4 is 0 Å². The van der Waals surface area contributed by atoms with Gasteiger partial charge in [-0.2, -0.15) is 0 Å². The molecule has 0 aliphatic heterocycles. The van der Waals surface area contributed by atoms with Crippen LogP contribution in [0.3, 0.4) is 0 Å². The SMILES string of the molecule is Cl.O=C(CCn1ccnc1)C12CC3CC(CC(C3)C1)C2. The lowest BCUT2D eigenvalue weighted by molar-refractivity contribution is -0.144. The Hall–Kier alpha value is -0.830. The number of rotatable bonds is 4. The van der Waals surface area contributed by atoms with Crippen LogP contribution in [0.4, 0.5) is 0 Å². The molecule has 4 bridgehead atoms. The van der Waals surface area contributed by atoms with Gasteiger partial charge in [-0.05, 0) is 56.3 Å². The number of aryl methyl sites for hydroxylation is 1. The first-order chi connectivity index (χ1) is 9.23. The second-order valence-corrected chi connectivity index (χ2v) is 7.17. The Morgan fingerprint density at radius 2 is 1.75 bits per heavy atom. The highest BCUT2D eigenvalue weighted by atomic mass is 35.5. The molecular weight excluding hydrogens is 272 g/mol. The molecule has 1 heterocycles. The lowest BCUT2D eigenvalue weighted by atomic mass is 9.48. The predicted octanol–water partition coefficient (Wildman–Crippen LogP) is 3.48. The molecule has 5 rings (SSSR count). The molecule has 0 saturated heterocycles. The van der Waals surface area contributed by atoms with E-state index in [9.17, 15) is 4.79 Å². The van der Waals surface area contributed by atoms with E-state index in [1.807, 2.05) is 17.1 Å². The number of hydrogen-bond donors (Lipinski definition) is 0. The van der Waals surface area contributed by atoms with Crippen LogP contribution in [-0.4, -0.2) is 15.3 Å². The summed E-state index contributed by atoms with van der Waals surface area (Å²) in [5.74, 6) is 3.13. The van der Waals surface area contributed by atoms with Crippen LogP contribution in [0.25, 0.3) is 0 Å². The number of nitrogens with zero attached hydrogens (tertiary/aromatic N) is 2. The van der Waals surface area contributed by atoms with Gasteiger partial charge >= 0.3 is 0 Å². The zero-order valence-corrected chi connectivity index (χ0v) is 12.6. The van der Waals surface area contributed by atoms with Gasteiger partial charge in [0.2, 0.25) is 0 Å². The van der Waals surface area contributed by atoms with Gasteiger partial charge in [-0.25, -0.2) is 4.98 Å². The molecule has 0 radical (unpaired) electrons. The minimum atomic E-state index is 0. The maximum atomic E-state index is 12.8. The average Bonchev–Trinajstić information content (AvgIpc) is 2.87. The average molecular weight is 295 g/mol. The third kappa shape index (κ3) is 2.30. The summed E-state index contributed by atoms with van der Waals surface area (Å²) in [6, 6.07) is 0. The number of carbonyl (C=O) groups excluding carboxylic acids is 1. The number of Topliss-reactive ketones (excluding diaryl/α,β-unsaturated/α-hetero) is 1. The van der Waals surface area contributed by atoms with E-state index in [2.05, 4.69) is 4.98 Å². The Bertz CT molecular complexity index is 447. The number of ketones is 1. The summed E-state index contributed by atoms with van der Waals surface area (Å²) in [6.07, 6.45) is 14.1. The van der Waals surface area contributed by atoms with Gasteiger partial charge in [-0.1, -0.05) is 0 Å². The van der Waals surface area contributed by atoms with Gasteiger partial charge in [-0.3, -0.25) is 4.79 Å². The largest absolute Gasteiger partial charge is 0.337 e. The van der Waals surface area contributed by atoms with E-state index in [1.165, 1.54) is 38.5 Å². The van der Waals surface area contributed by atoms with E-state index in [4.69, 9.17) is 0 Å². The molecule has 20 heavy (non-hydrogen) atoms. The molecule has 0 aromatic carbocycles. The Morgan fingerprint density at radius 3 is 2.25 bits per heavy atom. The first kappa shape index (κ1) is 14.1. The van der Waals surface area contributed by atoms with Crippen molar-refractivity contribution in [2.24, 2.45) is 23.2 Å². The highest BCUT2D eigenvalue weighted by molar-refractivity contribution is 5.85. The van der Waals surface area contributed by atoms with Gasteiger partial charge in [0.25, 0.3) is 0 Å². The number of aromatic nitrogens is 2. The highest BCUT2D eigenvalue weighted by Gasteiger charge is 2.53. The van der Waals surface area contributed by atoms with Crippen LogP contribution >= 0.6 is 12.4 Å². The fourth-order valence-corrected chi connectivity index (χ4v) is 5.37. The number of imidazole rings is 1. The monoisotopic (exact) mass is 294 g/mol. The van der Waals surface area contributed by atoms with Gasteiger partial charge in [0.1, 0.15) is 5.78 Å². The summed E-state index contributed by atoms with van der Waals surface area (Å²) in [5.41, 5.74) is 0.0787. The molecule has 4 heteroatoms. The highest BCUT2D eigenvalue weighted by Crippen LogP contribution is 2.60. The van der Waals surface area contributed by atoms with Crippen LogP contribution in [-0.2, 0) is 11.3 Å². The first-order valence-corrected chi connectivity index (χ1v) is 7.72. The van der Waals surface area contributed by atoms with Crippen LogP contribution in [0, 0.1) is 23.2 Å². The van der Waals surface area contributed by atoms with E-state index in [-0.39, 0.29) is 17.8 Å². The molecular formula is C16H23ClN2O. The summed E-state index contributed by atoms with van der Waals surface area (Å²) >= 11 is 0. The molecule has 4 aliphatic carbocycles. The topological polar surface area (TPSA) is 34.9 Å². The fraction of sp³-hybridized carbons (Fsp3) is 0.750. The molecule has 0 unspecified atom stereocenters. The van der Waals surface area contributed by atoms with Crippen molar-refractivity contribution >= 4 is 18.2 Å². The molecule has 0 amide bonds. The summed E-state index contributed by atoms with van der Waals surface area (Å²) in [7, 11) is 0. The number of halogens is 1. The normalized spacial score (nSPS) is 37.7. The molecule has 4 aliphatic rings. The third-order valence-electron chi connectivity index (χ3n) is 5.79. The standard InChI is InChI=1S/C16H22N2O.ClH/c19-15(1-3-18-4-2-17-11-18)16-8-12-5-13(9-16)7-14(6-12)10-16;/h2,4,11-14H,1,3,5-10H2;1H. The molecule has 4 saturated carbocycles. The zero-order chi connectivity index (χ0) is 12.9. The van der Waals surface area contributed by atoms with Crippen molar-refractivity contribution in [3.05, 3.63) is 18.7 Å². The quantitative estimate of drug-likeness (QED) is 0.852. The van der Waals surface area contributed by atoms with Gasteiger partial charge in [-0.15, -0.1) is 12.4 Å². The maximum Gasteiger partial charge on any atom is 0.140 e. The second-order valence-electron chi connectivity index (χ2n) is 7.17. The van der Waals surface area contributed by atoms with Crippen molar-refractivity contribution in [3.8, 4) is 0 Å². The van der Waals surface area contributed by atoms with Crippen LogP contribution in [0.15, 0.2) is 18.7 Å². The van der Waals surface area contributed by atoms with E-state index in [0.717, 1.165) is 24.3 Å². The van der Waals surface area contributed by atoms with Crippen LogP contribution in [0.5, 0.6) is 0 Å². The molecule has 110 valence electrons. The Labute approximate surface area is 126 Å². The van der Waals surface area contributed by atoms with Crippen molar-refractivity contribution in [2.75, 3.05) is 0 Å². The number of hydrogen-bond acceptors (Lipinski definition) is 2. The van der Waals surface area contributed by atoms with Crippen molar-refractivity contribution in [3.63, 3.8) is 0 Å². The van der Waals surface area contributed by atoms with Crippen molar-refractivity contribution < 1.29 is 4.79 Å². The minimum absolute atomic E-state index is 0. The van der Waals surface area contributed by atoms with Crippen molar-refractivity contribution in [1.82, 2.24) is 9.55 Å².